The number of nitrogens with zero attached hydrogens (tertiary/aromatic N) is 1. The van der Waals surface area contributed by atoms with E-state index >= 15 is 0 Å². The summed E-state index contributed by atoms with van der Waals surface area (Å²) in [4.78, 5) is 12.6. The Morgan fingerprint density at radius 2 is 1.39 bits per heavy atom. The molecule has 0 aliphatic carbocycles. The number of hydrogen-bond acceptors (Lipinski definition) is 4. The minimum atomic E-state index is -4.05. The summed E-state index contributed by atoms with van der Waals surface area (Å²) < 4.78 is 34.1. The molecule has 0 saturated heterocycles. The van der Waals surface area contributed by atoms with E-state index in [2.05, 4.69) is 19.1 Å². The van der Waals surface area contributed by atoms with Crippen molar-refractivity contribution in [3.8, 4) is 0 Å². The number of para-hydroxylation sites is 2. The molecule has 5 nitrogen and oxygen atoms in total. The number of rotatable bonds is 11. The molecule has 0 radical (unpaired) electrons. The molecule has 0 unspecified atom stereocenters. The lowest BCUT2D eigenvalue weighted by atomic mass is 10.2. The van der Waals surface area contributed by atoms with E-state index in [0.717, 1.165) is 47.5 Å². The maximum atomic E-state index is 13.4. The van der Waals surface area contributed by atoms with Gasteiger partial charge in [-0.25, -0.2) is 13.2 Å². The van der Waals surface area contributed by atoms with E-state index in [1.54, 1.807) is 30.5 Å². The van der Waals surface area contributed by atoms with Crippen molar-refractivity contribution in [3.63, 3.8) is 0 Å². The molecule has 4 rings (SSSR count). The molecule has 4 aromatic rings. The first-order valence-electron chi connectivity index (χ1n) is 12.4. The Balaban J connectivity index is 1.66. The molecule has 1 heterocycles. The predicted octanol–water partition coefficient (Wildman–Crippen LogP) is 7.14. The molecule has 0 bridgehead atoms. The van der Waals surface area contributed by atoms with Crippen molar-refractivity contribution in [1.29, 1.82) is 0 Å². The van der Waals surface area contributed by atoms with Gasteiger partial charge in [0.2, 0.25) is 9.84 Å². The Bertz CT molecular complexity index is 1440. The average Bonchev–Trinajstić information content (AvgIpc) is 3.22. The second-order valence-corrected chi connectivity index (χ2v) is 10.6. The summed E-state index contributed by atoms with van der Waals surface area (Å²) in [6.45, 7) is 2.33. The summed E-state index contributed by atoms with van der Waals surface area (Å²) in [5, 5.41) is 2.20. The fraction of sp³-hybridized carbons (Fsp3) is 0.233. The lowest BCUT2D eigenvalue weighted by Crippen LogP contribution is -2.17. The summed E-state index contributed by atoms with van der Waals surface area (Å²) in [6.07, 6.45) is 9.70. The third-order valence-corrected chi connectivity index (χ3v) is 7.90. The van der Waals surface area contributed by atoms with Gasteiger partial charge in [0.25, 0.3) is 0 Å². The van der Waals surface area contributed by atoms with Crippen LogP contribution >= 0.6 is 0 Å². The molecule has 3 aromatic carbocycles. The van der Waals surface area contributed by atoms with Crippen molar-refractivity contribution in [2.45, 2.75) is 43.9 Å². The Morgan fingerprint density at radius 1 is 0.806 bits per heavy atom. The summed E-state index contributed by atoms with van der Waals surface area (Å²) >= 11 is 0. The van der Waals surface area contributed by atoms with E-state index < -0.39 is 15.8 Å². The summed E-state index contributed by atoms with van der Waals surface area (Å²) in [5.74, 6) is -0.832. The van der Waals surface area contributed by atoms with E-state index in [4.69, 9.17) is 4.74 Å². The van der Waals surface area contributed by atoms with Crippen LogP contribution in [0.2, 0.25) is 0 Å². The van der Waals surface area contributed by atoms with Gasteiger partial charge < -0.3 is 9.30 Å². The average molecular weight is 502 g/mol. The second-order valence-electron chi connectivity index (χ2n) is 8.64. The number of carbonyl (C=O) groups excluding carboxylic acids is 1. The number of allylic oxidation sites excluding steroid dienone is 2. The van der Waals surface area contributed by atoms with Crippen LogP contribution in [0.5, 0.6) is 0 Å². The number of carbonyl (C=O) groups is 1. The third kappa shape index (κ3) is 5.60. The predicted molar refractivity (Wildman–Crippen MR) is 146 cm³/mol. The highest BCUT2D eigenvalue weighted by molar-refractivity contribution is 7.96. The molecular weight excluding hydrogens is 470 g/mol. The SMILES string of the molecule is CCCCCCCOC(=O)/C(=C/C=C/n1c2ccccc2c2ccccc21)S(=O)(=O)c1ccccc1. The van der Waals surface area contributed by atoms with Gasteiger partial charge in [-0.15, -0.1) is 0 Å². The number of sulfone groups is 1. The lowest BCUT2D eigenvalue weighted by Gasteiger charge is -2.09. The first kappa shape index (κ1) is 25.5. The van der Waals surface area contributed by atoms with Gasteiger partial charge >= 0.3 is 5.97 Å². The number of hydrogen-bond donors (Lipinski definition) is 0. The molecule has 0 aliphatic heterocycles. The van der Waals surface area contributed by atoms with Gasteiger partial charge in [-0.05, 0) is 42.8 Å². The van der Waals surface area contributed by atoms with E-state index in [1.807, 2.05) is 41.0 Å². The van der Waals surface area contributed by atoms with E-state index in [1.165, 1.54) is 18.2 Å². The Labute approximate surface area is 212 Å². The minimum absolute atomic E-state index is 0.0569. The topological polar surface area (TPSA) is 65.4 Å². The highest BCUT2D eigenvalue weighted by atomic mass is 32.2. The quantitative estimate of drug-likeness (QED) is 0.0948. The molecule has 0 spiro atoms. The highest BCUT2D eigenvalue weighted by Crippen LogP contribution is 2.29. The molecule has 36 heavy (non-hydrogen) atoms. The van der Waals surface area contributed by atoms with E-state index in [-0.39, 0.29) is 16.4 Å². The van der Waals surface area contributed by atoms with Crippen LogP contribution in [-0.2, 0) is 19.4 Å². The highest BCUT2D eigenvalue weighted by Gasteiger charge is 2.27. The van der Waals surface area contributed by atoms with Crippen molar-refractivity contribution < 1.29 is 17.9 Å². The number of aromatic nitrogens is 1. The van der Waals surface area contributed by atoms with Gasteiger partial charge in [-0.2, -0.15) is 0 Å². The van der Waals surface area contributed by atoms with Crippen molar-refractivity contribution >= 4 is 43.8 Å². The van der Waals surface area contributed by atoms with Crippen molar-refractivity contribution in [3.05, 3.63) is 95.9 Å². The standard InChI is InChI=1S/C30H31NO4S/c1-2-3-4-5-13-23-35-30(32)29(36(33,34)24-15-7-6-8-16-24)21-14-22-31-27-19-11-9-17-25(27)26-18-10-12-20-28(26)31/h6-12,14-22H,2-5,13,23H2,1H3/b22-14+,29-21-. The first-order chi connectivity index (χ1) is 17.5. The summed E-state index contributed by atoms with van der Waals surface area (Å²) in [5.41, 5.74) is 1.98. The van der Waals surface area contributed by atoms with Gasteiger partial charge in [0.1, 0.15) is 0 Å². The van der Waals surface area contributed by atoms with Gasteiger partial charge in [-0.1, -0.05) is 87.2 Å². The Kier molecular flexibility index (Phi) is 8.39. The zero-order valence-corrected chi connectivity index (χ0v) is 21.3. The van der Waals surface area contributed by atoms with Crippen LogP contribution in [0.3, 0.4) is 0 Å². The lowest BCUT2D eigenvalue weighted by molar-refractivity contribution is -0.138. The van der Waals surface area contributed by atoms with Gasteiger partial charge in [0.05, 0.1) is 22.5 Å². The third-order valence-electron chi connectivity index (χ3n) is 6.13. The molecule has 0 N–H and O–H groups in total. The van der Waals surface area contributed by atoms with Crippen LogP contribution in [-0.4, -0.2) is 25.6 Å². The van der Waals surface area contributed by atoms with Crippen LogP contribution in [0.4, 0.5) is 0 Å². The van der Waals surface area contributed by atoms with Gasteiger partial charge in [0.15, 0.2) is 4.91 Å². The fourth-order valence-corrected chi connectivity index (χ4v) is 5.57. The molecule has 6 heteroatoms. The molecule has 0 amide bonds. The first-order valence-corrected chi connectivity index (χ1v) is 13.9. The molecule has 186 valence electrons. The molecule has 0 atom stereocenters. The minimum Gasteiger partial charge on any atom is -0.462 e. The molecular formula is C30H31NO4S. The number of fused-ring (bicyclic) bond motifs is 3. The van der Waals surface area contributed by atoms with Crippen LogP contribution in [0.15, 0.2) is 101 Å². The smallest absolute Gasteiger partial charge is 0.350 e. The van der Waals surface area contributed by atoms with Crippen molar-refractivity contribution in [2.24, 2.45) is 0 Å². The van der Waals surface area contributed by atoms with Crippen LogP contribution in [0.1, 0.15) is 39.0 Å². The van der Waals surface area contributed by atoms with Crippen LogP contribution < -0.4 is 0 Å². The fourth-order valence-electron chi connectivity index (χ4n) is 4.27. The van der Waals surface area contributed by atoms with Crippen molar-refractivity contribution in [2.75, 3.05) is 6.61 Å². The number of unbranched alkanes of at least 4 members (excludes halogenated alkanes) is 4. The maximum absolute atomic E-state index is 13.4. The molecule has 0 aliphatic rings. The monoisotopic (exact) mass is 501 g/mol. The number of ether oxygens (including phenoxy) is 1. The van der Waals surface area contributed by atoms with E-state index in [9.17, 15) is 13.2 Å². The van der Waals surface area contributed by atoms with Crippen LogP contribution in [0, 0.1) is 0 Å². The van der Waals surface area contributed by atoms with Gasteiger partial charge in [-0.3, -0.25) is 0 Å². The van der Waals surface area contributed by atoms with Crippen LogP contribution in [0.25, 0.3) is 28.0 Å². The van der Waals surface area contributed by atoms with E-state index in [0.29, 0.717) is 6.42 Å². The maximum Gasteiger partial charge on any atom is 0.350 e. The second kappa shape index (κ2) is 11.9. The zero-order chi connectivity index (χ0) is 25.4. The Morgan fingerprint density at radius 3 is 2.03 bits per heavy atom. The zero-order valence-electron chi connectivity index (χ0n) is 20.5. The largest absolute Gasteiger partial charge is 0.462 e. The number of esters is 1. The number of benzene rings is 3. The molecule has 1 aromatic heterocycles. The Hall–Kier alpha value is -3.64. The molecule has 0 saturated carbocycles. The van der Waals surface area contributed by atoms with Gasteiger partial charge in [0, 0.05) is 17.0 Å². The normalized spacial score (nSPS) is 12.5. The summed E-state index contributed by atoms with van der Waals surface area (Å²) in [7, 11) is -4.05. The molecule has 0 fully saturated rings. The summed E-state index contributed by atoms with van der Waals surface area (Å²) in [6, 6.07) is 24.0. The van der Waals surface area contributed by atoms with Crippen molar-refractivity contribution in [1.82, 2.24) is 4.57 Å².